The summed E-state index contributed by atoms with van der Waals surface area (Å²) < 4.78 is 0. The maximum Gasteiger partial charge on any atom is 0.235 e. The molecule has 7 heteroatoms. The second-order valence-corrected chi connectivity index (χ2v) is 7.42. The molecular weight excluding hydrogens is 312 g/mol. The number of primary amides is 1. The second-order valence-electron chi connectivity index (χ2n) is 7.42. The summed E-state index contributed by atoms with van der Waals surface area (Å²) in [6.45, 7) is 0. The van der Waals surface area contributed by atoms with Crippen molar-refractivity contribution in [2.45, 2.75) is 31.7 Å². The topological polar surface area (TPSA) is 115 Å². The Hall–Kier alpha value is -1.89. The highest BCUT2D eigenvalue weighted by molar-refractivity contribution is 6.27. The third kappa shape index (κ3) is 2.33. The number of nitrogens with zero attached hydrogens (tertiary/aromatic N) is 1. The van der Waals surface area contributed by atoms with Gasteiger partial charge in [-0.2, -0.15) is 0 Å². The summed E-state index contributed by atoms with van der Waals surface area (Å²) >= 11 is 0. The largest absolute Gasteiger partial charge is 0.369 e. The van der Waals surface area contributed by atoms with Crippen molar-refractivity contribution < 1.29 is 24.0 Å². The number of hydrogen-bond donors (Lipinski definition) is 1. The van der Waals surface area contributed by atoms with Gasteiger partial charge < -0.3 is 5.73 Å². The lowest BCUT2D eigenvalue weighted by Gasteiger charge is -2.48. The smallest absolute Gasteiger partial charge is 0.235 e. The standard InChI is InChI=1S/C17H22N2O5/c1-19(2)13-8-6-7-4-3-5-9(20)10(7)14(21)11(8)15(22)12(16(13)23)17(18)24/h7-8,10-13H,3-6H2,1-2H3,(H2,18,24)/t7?,8?,10?,11?,12?,13-/m0/s1. The van der Waals surface area contributed by atoms with Crippen molar-refractivity contribution in [2.24, 2.45) is 35.3 Å². The van der Waals surface area contributed by atoms with Crippen LogP contribution in [-0.4, -0.2) is 54.1 Å². The van der Waals surface area contributed by atoms with Crippen LogP contribution in [0.25, 0.3) is 0 Å². The molecule has 130 valence electrons. The Labute approximate surface area is 139 Å². The summed E-state index contributed by atoms with van der Waals surface area (Å²) in [6, 6.07) is -0.702. The number of fused-ring (bicyclic) bond motifs is 2. The lowest BCUT2D eigenvalue weighted by molar-refractivity contribution is -0.160. The molecule has 0 aliphatic heterocycles. The van der Waals surface area contributed by atoms with Gasteiger partial charge in [-0.05, 0) is 45.2 Å². The van der Waals surface area contributed by atoms with Crippen molar-refractivity contribution in [1.82, 2.24) is 4.90 Å². The summed E-state index contributed by atoms with van der Waals surface area (Å²) in [6.07, 6.45) is 2.34. The quantitative estimate of drug-likeness (QED) is 0.672. The molecule has 3 rings (SSSR count). The van der Waals surface area contributed by atoms with Crippen molar-refractivity contribution in [1.29, 1.82) is 0 Å². The summed E-state index contributed by atoms with van der Waals surface area (Å²) in [5.74, 6) is -6.76. The van der Waals surface area contributed by atoms with Crippen LogP contribution in [0.15, 0.2) is 0 Å². The first-order chi connectivity index (χ1) is 11.3. The van der Waals surface area contributed by atoms with Crippen molar-refractivity contribution in [3.05, 3.63) is 0 Å². The number of amides is 1. The fourth-order valence-electron chi connectivity index (χ4n) is 4.94. The highest BCUT2D eigenvalue weighted by atomic mass is 16.2. The van der Waals surface area contributed by atoms with E-state index in [4.69, 9.17) is 5.73 Å². The van der Waals surface area contributed by atoms with E-state index in [-0.39, 0.29) is 11.7 Å². The average Bonchev–Trinajstić information content (AvgIpc) is 2.45. The average molecular weight is 334 g/mol. The molecule has 0 aromatic carbocycles. The van der Waals surface area contributed by atoms with Gasteiger partial charge in [-0.1, -0.05) is 0 Å². The Bertz CT molecular complexity index is 641. The Morgan fingerprint density at radius 1 is 1.04 bits per heavy atom. The molecule has 0 spiro atoms. The first-order valence-electron chi connectivity index (χ1n) is 8.35. The van der Waals surface area contributed by atoms with E-state index in [0.29, 0.717) is 12.8 Å². The number of likely N-dealkylation sites (N-methyl/N-ethyl adjacent to an activating group) is 1. The summed E-state index contributed by atoms with van der Waals surface area (Å²) in [4.78, 5) is 63.8. The van der Waals surface area contributed by atoms with Gasteiger partial charge in [0.1, 0.15) is 5.78 Å². The van der Waals surface area contributed by atoms with Gasteiger partial charge in [-0.25, -0.2) is 0 Å². The number of hydrogen-bond acceptors (Lipinski definition) is 6. The summed E-state index contributed by atoms with van der Waals surface area (Å²) in [7, 11) is 3.38. The number of nitrogens with two attached hydrogens (primary N) is 1. The van der Waals surface area contributed by atoms with Crippen LogP contribution in [0.1, 0.15) is 25.7 Å². The zero-order valence-electron chi connectivity index (χ0n) is 13.9. The van der Waals surface area contributed by atoms with E-state index in [2.05, 4.69) is 0 Å². The minimum absolute atomic E-state index is 0.104. The Morgan fingerprint density at radius 3 is 2.29 bits per heavy atom. The van der Waals surface area contributed by atoms with Crippen molar-refractivity contribution in [3.63, 3.8) is 0 Å². The molecule has 0 aromatic heterocycles. The molecule has 0 heterocycles. The van der Waals surface area contributed by atoms with Crippen LogP contribution in [0.3, 0.4) is 0 Å². The lowest BCUT2D eigenvalue weighted by atomic mass is 9.55. The predicted molar refractivity (Wildman–Crippen MR) is 82.6 cm³/mol. The fraction of sp³-hybridized carbons (Fsp3) is 0.706. The highest BCUT2D eigenvalue weighted by Crippen LogP contribution is 2.47. The van der Waals surface area contributed by atoms with Gasteiger partial charge in [0.25, 0.3) is 0 Å². The second kappa shape index (κ2) is 5.88. The highest BCUT2D eigenvalue weighted by Gasteiger charge is 2.60. The van der Waals surface area contributed by atoms with Gasteiger partial charge in [0.15, 0.2) is 23.3 Å². The van der Waals surface area contributed by atoms with Gasteiger partial charge in [0.05, 0.1) is 17.9 Å². The first-order valence-corrected chi connectivity index (χ1v) is 8.35. The van der Waals surface area contributed by atoms with Crippen molar-refractivity contribution in [3.8, 4) is 0 Å². The van der Waals surface area contributed by atoms with Crippen molar-refractivity contribution in [2.75, 3.05) is 14.1 Å². The zero-order valence-corrected chi connectivity index (χ0v) is 13.9. The molecule has 3 aliphatic rings. The number of Topliss-reactive ketones (excluding diaryl/α,β-unsaturated/α-hetero) is 4. The zero-order chi connectivity index (χ0) is 17.8. The van der Waals surface area contributed by atoms with Gasteiger partial charge in [-0.3, -0.25) is 28.9 Å². The third-order valence-electron chi connectivity index (χ3n) is 5.85. The van der Waals surface area contributed by atoms with Gasteiger partial charge in [0, 0.05) is 6.42 Å². The van der Waals surface area contributed by atoms with Crippen LogP contribution >= 0.6 is 0 Å². The maximum atomic E-state index is 12.9. The molecule has 3 saturated carbocycles. The molecule has 0 aromatic rings. The van der Waals surface area contributed by atoms with E-state index in [1.165, 1.54) is 0 Å². The van der Waals surface area contributed by atoms with E-state index in [1.54, 1.807) is 19.0 Å². The normalized spacial score (nSPS) is 39.6. The molecule has 6 atom stereocenters. The summed E-state index contributed by atoms with van der Waals surface area (Å²) in [5, 5.41) is 0. The Morgan fingerprint density at radius 2 is 1.71 bits per heavy atom. The predicted octanol–water partition coefficient (Wildman–Crippen LogP) is -0.639. The number of ketones is 4. The van der Waals surface area contributed by atoms with Gasteiger partial charge in [0.2, 0.25) is 5.91 Å². The van der Waals surface area contributed by atoms with Crippen LogP contribution in [0.4, 0.5) is 0 Å². The first kappa shape index (κ1) is 17.0. The van der Waals surface area contributed by atoms with E-state index in [9.17, 15) is 24.0 Å². The van der Waals surface area contributed by atoms with Crippen LogP contribution in [0.5, 0.6) is 0 Å². The molecule has 3 fully saturated rings. The molecule has 3 aliphatic carbocycles. The minimum Gasteiger partial charge on any atom is -0.369 e. The van der Waals surface area contributed by atoms with Crippen LogP contribution in [0, 0.1) is 29.6 Å². The van der Waals surface area contributed by atoms with Crippen LogP contribution < -0.4 is 5.73 Å². The molecule has 0 saturated heterocycles. The Balaban J connectivity index is 2.05. The number of rotatable bonds is 2. The lowest BCUT2D eigenvalue weighted by Crippen LogP contribution is -2.64. The Kier molecular flexibility index (Phi) is 4.15. The van der Waals surface area contributed by atoms with Crippen molar-refractivity contribution >= 4 is 29.0 Å². The summed E-state index contributed by atoms with van der Waals surface area (Å²) in [5.41, 5.74) is 5.26. The molecule has 0 radical (unpaired) electrons. The minimum atomic E-state index is -1.59. The molecule has 5 unspecified atom stereocenters. The van der Waals surface area contributed by atoms with E-state index in [0.717, 1.165) is 12.8 Å². The van der Waals surface area contributed by atoms with Crippen LogP contribution in [-0.2, 0) is 24.0 Å². The number of carbonyl (C=O) groups is 5. The van der Waals surface area contributed by atoms with E-state index >= 15 is 0 Å². The molecule has 0 bridgehead atoms. The molecule has 2 N–H and O–H groups in total. The van der Waals surface area contributed by atoms with Gasteiger partial charge in [-0.15, -0.1) is 0 Å². The molecule has 7 nitrogen and oxygen atoms in total. The van der Waals surface area contributed by atoms with E-state index < -0.39 is 53.0 Å². The monoisotopic (exact) mass is 334 g/mol. The molecule has 24 heavy (non-hydrogen) atoms. The van der Waals surface area contributed by atoms with E-state index in [1.807, 2.05) is 0 Å². The molecule has 1 amide bonds. The van der Waals surface area contributed by atoms with Crippen LogP contribution in [0.2, 0.25) is 0 Å². The number of carbonyl (C=O) groups excluding carboxylic acids is 5. The molecular formula is C17H22N2O5. The van der Waals surface area contributed by atoms with Gasteiger partial charge >= 0.3 is 0 Å². The SMILES string of the molecule is CN(C)[C@@H]1C(=O)C(C(N)=O)C(=O)C2C(=O)C3C(=O)CCCC3CC21. The fourth-order valence-corrected chi connectivity index (χ4v) is 4.94. The third-order valence-corrected chi connectivity index (χ3v) is 5.85. The maximum absolute atomic E-state index is 12.9.